The van der Waals surface area contributed by atoms with Crippen LogP contribution in [0.1, 0.15) is 40.8 Å². The van der Waals surface area contributed by atoms with Crippen molar-refractivity contribution in [2.75, 3.05) is 20.6 Å². The molecule has 0 aliphatic carbocycles. The van der Waals surface area contributed by atoms with Gasteiger partial charge in [-0.1, -0.05) is 27.7 Å². The minimum atomic E-state index is -4.23. The van der Waals surface area contributed by atoms with Crippen molar-refractivity contribution in [3.63, 3.8) is 0 Å². The number of H-pyrrole nitrogens is 1. The molecular formula is C18H34N2O11P2S. The second-order valence-corrected chi connectivity index (χ2v) is 10.1. The van der Waals surface area contributed by atoms with Gasteiger partial charge in [-0.05, 0) is 18.7 Å². The Morgan fingerprint density at radius 2 is 1.74 bits per heavy atom. The highest BCUT2D eigenvalue weighted by Gasteiger charge is 2.50. The van der Waals surface area contributed by atoms with E-state index in [1.54, 1.807) is 6.92 Å². The van der Waals surface area contributed by atoms with Gasteiger partial charge in [0.05, 0.1) is 0 Å². The Kier molecular flexibility index (Phi) is 17.8. The summed E-state index contributed by atoms with van der Waals surface area (Å²) in [7, 11) is -1.88. The first-order chi connectivity index (χ1) is 15.9. The fourth-order valence-corrected chi connectivity index (χ4v) is 3.61. The van der Waals surface area contributed by atoms with Crippen LogP contribution in [0.4, 0.5) is 0 Å². The second kappa shape index (κ2) is 17.3. The Labute approximate surface area is 203 Å². The largest absolute Gasteiger partial charge is 0.374 e. The molecule has 0 spiro atoms. The van der Waals surface area contributed by atoms with E-state index in [4.69, 9.17) is 18.7 Å². The van der Waals surface area contributed by atoms with Crippen LogP contribution >= 0.6 is 14.3 Å². The monoisotopic (exact) mass is 548 g/mol. The average Bonchev–Trinajstić information content (AvgIpc) is 3.11. The molecule has 198 valence electrons. The van der Waals surface area contributed by atoms with Gasteiger partial charge < -0.3 is 33.4 Å². The summed E-state index contributed by atoms with van der Waals surface area (Å²) in [6.07, 6.45) is -0.348. The molecule has 0 aromatic carbocycles. The number of ether oxygens (including phenoxy) is 3. The summed E-state index contributed by atoms with van der Waals surface area (Å²) in [4.78, 5) is 53.7. The van der Waals surface area contributed by atoms with E-state index in [1.807, 2.05) is 32.7 Å². The summed E-state index contributed by atoms with van der Waals surface area (Å²) in [6.45, 7) is 5.43. The molecule has 1 aromatic heterocycles. The van der Waals surface area contributed by atoms with E-state index in [0.29, 0.717) is 0 Å². The molecule has 0 bridgehead atoms. The maximum atomic E-state index is 12.0. The van der Waals surface area contributed by atoms with Crippen molar-refractivity contribution < 1.29 is 42.5 Å². The summed E-state index contributed by atoms with van der Waals surface area (Å²) in [5, 5.41) is 0. The zero-order valence-electron chi connectivity index (χ0n) is 20.1. The average molecular weight is 548 g/mol. The predicted molar refractivity (Wildman–Crippen MR) is 130 cm³/mol. The van der Waals surface area contributed by atoms with E-state index < -0.39 is 56.6 Å². The normalized spacial score (nSPS) is 23.0. The van der Waals surface area contributed by atoms with Crippen LogP contribution in [0.15, 0.2) is 21.9 Å². The molecule has 1 aliphatic heterocycles. The molecule has 2 rings (SSSR count). The highest BCUT2D eigenvalue weighted by atomic mass is 32.5. The van der Waals surface area contributed by atoms with Gasteiger partial charge in [-0.2, -0.15) is 0 Å². The Balaban J connectivity index is 0. The minimum absolute atomic E-state index is 0.647. The summed E-state index contributed by atoms with van der Waals surface area (Å²) in [6, 6.07) is 1.05. The number of rotatable bonds is 8. The zero-order chi connectivity index (χ0) is 27.1. The quantitative estimate of drug-likeness (QED) is 0.272. The lowest BCUT2D eigenvalue weighted by Crippen LogP contribution is -2.39. The Morgan fingerprint density at radius 1 is 1.21 bits per heavy atom. The highest BCUT2D eigenvalue weighted by molar-refractivity contribution is 8.06. The third kappa shape index (κ3) is 12.0. The van der Waals surface area contributed by atoms with Gasteiger partial charge in [0.25, 0.3) is 5.56 Å². The van der Waals surface area contributed by atoms with Crippen LogP contribution in [0, 0.1) is 12.3 Å². The lowest BCUT2D eigenvalue weighted by Gasteiger charge is -2.25. The van der Waals surface area contributed by atoms with Crippen LogP contribution in [0.2, 0.25) is 0 Å². The summed E-state index contributed by atoms with van der Waals surface area (Å²) < 4.78 is 37.8. The van der Waals surface area contributed by atoms with E-state index >= 15 is 0 Å². The first-order valence-corrected chi connectivity index (χ1v) is 14.4. The lowest BCUT2D eigenvalue weighted by molar-refractivity contribution is -0.166. The second-order valence-electron chi connectivity index (χ2n) is 5.58. The standard InChI is InChI=1S/C11H18N2O11P2S.C3H4.2C2H6/c1-20-7-8(24-26(18,19)27)10(22-5-25(16,17)21-2)23-9(7)13-4-3-6(14)12-11(13)15;1-3-2;2*1-2/h3-4,7-10H,5H2,1-2H3,(H,16,17)(H,12,14,15)(H2,18,19,27);1H,2H3;2*1-2H3/t7-,8+,9-,10+;;;/m1.../s1. The topological polar surface area (TPSA) is 179 Å². The molecule has 1 aliphatic rings. The molecule has 16 heteroatoms. The van der Waals surface area contributed by atoms with Crippen LogP contribution in [-0.2, 0) is 39.6 Å². The van der Waals surface area contributed by atoms with Crippen molar-refractivity contribution >= 4 is 26.1 Å². The van der Waals surface area contributed by atoms with Gasteiger partial charge in [0, 0.05) is 26.5 Å². The molecule has 0 amide bonds. The summed E-state index contributed by atoms with van der Waals surface area (Å²) in [5.74, 6) is 2.25. The van der Waals surface area contributed by atoms with Crippen LogP contribution in [0.25, 0.3) is 0 Å². The molecular weight excluding hydrogens is 514 g/mol. The Hall–Kier alpha value is -1.20. The lowest BCUT2D eigenvalue weighted by atomic mass is 10.2. The number of aromatic amines is 1. The molecule has 0 radical (unpaired) electrons. The zero-order valence-corrected chi connectivity index (χ0v) is 22.7. The van der Waals surface area contributed by atoms with Gasteiger partial charge in [0.2, 0.25) is 0 Å². The van der Waals surface area contributed by atoms with Gasteiger partial charge >= 0.3 is 20.0 Å². The smallest absolute Gasteiger partial charge is 0.353 e. The fourth-order valence-electron chi connectivity index (χ4n) is 2.33. The number of hydrogen-bond acceptors (Lipinski definition) is 9. The summed E-state index contributed by atoms with van der Waals surface area (Å²) >= 11 is 4.44. The number of terminal acetylenes is 1. The fraction of sp³-hybridized carbons (Fsp3) is 0.667. The SMILES string of the molecule is C#CC.CC.CC.CO[C@@H]1[C@H](OP(O)(O)=S)[C@@H](OCP(=O)(O)OC)O[C@H]1n1ccc(=O)[nH]c1=O. The van der Waals surface area contributed by atoms with E-state index in [0.717, 1.165) is 23.9 Å². The van der Waals surface area contributed by atoms with Crippen molar-refractivity contribution in [2.45, 2.75) is 59.3 Å². The number of aromatic nitrogens is 2. The predicted octanol–water partition coefficient (Wildman–Crippen LogP) is 1.50. The molecule has 1 aromatic rings. The van der Waals surface area contributed by atoms with E-state index in [1.165, 1.54) is 7.11 Å². The molecule has 1 saturated heterocycles. The van der Waals surface area contributed by atoms with E-state index in [2.05, 4.69) is 28.7 Å². The van der Waals surface area contributed by atoms with Crippen molar-refractivity contribution in [1.29, 1.82) is 0 Å². The van der Waals surface area contributed by atoms with Gasteiger partial charge in [-0.15, -0.1) is 12.3 Å². The molecule has 0 saturated carbocycles. The molecule has 13 nitrogen and oxygen atoms in total. The molecule has 1 fully saturated rings. The van der Waals surface area contributed by atoms with Crippen LogP contribution in [0.3, 0.4) is 0 Å². The third-order valence-electron chi connectivity index (χ3n) is 3.49. The number of hydrogen-bond donors (Lipinski definition) is 4. The summed E-state index contributed by atoms with van der Waals surface area (Å²) in [5.41, 5.74) is -1.49. The van der Waals surface area contributed by atoms with Crippen LogP contribution in [-0.4, -0.2) is 63.3 Å². The van der Waals surface area contributed by atoms with Gasteiger partial charge in [-0.3, -0.25) is 23.4 Å². The van der Waals surface area contributed by atoms with E-state index in [9.17, 15) is 28.8 Å². The maximum absolute atomic E-state index is 12.0. The maximum Gasteiger partial charge on any atom is 0.353 e. The Morgan fingerprint density at radius 3 is 2.15 bits per heavy atom. The number of nitrogens with one attached hydrogen (secondary N) is 1. The van der Waals surface area contributed by atoms with Crippen LogP contribution < -0.4 is 11.2 Å². The Bertz CT molecular complexity index is 956. The molecule has 2 heterocycles. The van der Waals surface area contributed by atoms with Crippen LogP contribution in [0.5, 0.6) is 0 Å². The van der Waals surface area contributed by atoms with Crippen molar-refractivity contribution in [1.82, 2.24) is 9.55 Å². The number of nitrogens with zero attached hydrogens (tertiary/aromatic N) is 1. The number of methoxy groups -OCH3 is 1. The first kappa shape index (κ1) is 35.0. The molecule has 1 unspecified atom stereocenters. The van der Waals surface area contributed by atoms with Crippen molar-refractivity contribution in [2.24, 2.45) is 0 Å². The van der Waals surface area contributed by atoms with Gasteiger partial charge in [-0.25, -0.2) is 4.79 Å². The third-order valence-corrected chi connectivity index (χ3v) is 5.31. The first-order valence-electron chi connectivity index (χ1n) is 9.99. The molecule has 4 N–H and O–H groups in total. The molecule has 5 atom stereocenters. The van der Waals surface area contributed by atoms with Gasteiger partial charge in [0.1, 0.15) is 12.2 Å². The van der Waals surface area contributed by atoms with Gasteiger partial charge in [0.15, 0.2) is 18.9 Å². The highest BCUT2D eigenvalue weighted by Crippen LogP contribution is 2.47. The van der Waals surface area contributed by atoms with E-state index in [-0.39, 0.29) is 0 Å². The van der Waals surface area contributed by atoms with Crippen molar-refractivity contribution in [3.05, 3.63) is 33.1 Å². The van der Waals surface area contributed by atoms with Crippen molar-refractivity contribution in [3.8, 4) is 12.3 Å². The minimum Gasteiger partial charge on any atom is -0.374 e. The molecule has 34 heavy (non-hydrogen) atoms.